The average Bonchev–Trinajstić information content (AvgIpc) is 2.99. The van der Waals surface area contributed by atoms with Crippen molar-refractivity contribution < 1.29 is 22.8 Å². The van der Waals surface area contributed by atoms with Crippen LogP contribution in [0.3, 0.4) is 0 Å². The van der Waals surface area contributed by atoms with Gasteiger partial charge in [-0.15, -0.1) is 0 Å². The summed E-state index contributed by atoms with van der Waals surface area (Å²) < 4.78 is 26.7. The molecule has 0 radical (unpaired) electrons. The number of hydrogen-bond donors (Lipinski definition) is 0. The highest BCUT2D eigenvalue weighted by Crippen LogP contribution is 2.31. The minimum absolute atomic E-state index is 0.106. The van der Waals surface area contributed by atoms with Gasteiger partial charge < -0.3 is 4.90 Å². The molecule has 11 heteroatoms. The first kappa shape index (κ1) is 22.7. The summed E-state index contributed by atoms with van der Waals surface area (Å²) in [5.74, 6) is -1.76. The van der Waals surface area contributed by atoms with Crippen molar-refractivity contribution in [1.82, 2.24) is 14.1 Å². The van der Waals surface area contributed by atoms with E-state index in [1.54, 1.807) is 24.3 Å². The Morgan fingerprint density at radius 1 is 0.875 bits per heavy atom. The van der Waals surface area contributed by atoms with Crippen LogP contribution in [0, 0.1) is 0 Å². The van der Waals surface area contributed by atoms with Gasteiger partial charge in [0.25, 0.3) is 11.8 Å². The molecule has 0 atom stereocenters. The average molecular weight is 496 g/mol. The predicted octanol–water partition coefficient (Wildman–Crippen LogP) is 2.26. The van der Waals surface area contributed by atoms with Crippen molar-refractivity contribution in [2.75, 3.05) is 32.7 Å². The van der Waals surface area contributed by atoms with Gasteiger partial charge in [0.2, 0.25) is 15.9 Å². The van der Waals surface area contributed by atoms with Gasteiger partial charge in [0.15, 0.2) is 0 Å². The maximum Gasteiger partial charge on any atom is 0.262 e. The zero-order chi connectivity index (χ0) is 23.0. The second-order valence-electron chi connectivity index (χ2n) is 7.53. The lowest BCUT2D eigenvalue weighted by atomic mass is 10.1. The number of nitrogens with zero attached hydrogens (tertiary/aromatic N) is 3. The minimum atomic E-state index is -3.52. The summed E-state index contributed by atoms with van der Waals surface area (Å²) in [4.78, 5) is 40.2. The molecular formula is C21H19Cl2N3O5S. The first-order valence-corrected chi connectivity index (χ1v) is 12.2. The quantitative estimate of drug-likeness (QED) is 0.592. The van der Waals surface area contributed by atoms with Crippen LogP contribution in [-0.4, -0.2) is 73.0 Å². The highest BCUT2D eigenvalue weighted by Gasteiger charge is 2.39. The third-order valence-corrected chi connectivity index (χ3v) is 8.05. The molecule has 8 nitrogen and oxygen atoms in total. The van der Waals surface area contributed by atoms with Crippen molar-refractivity contribution in [1.29, 1.82) is 0 Å². The lowest BCUT2D eigenvalue weighted by Crippen LogP contribution is -2.53. The van der Waals surface area contributed by atoms with Gasteiger partial charge in [-0.05, 0) is 17.7 Å². The smallest absolute Gasteiger partial charge is 0.262 e. The molecule has 0 unspecified atom stereocenters. The number of halogens is 2. The molecule has 2 aromatic carbocycles. The van der Waals surface area contributed by atoms with E-state index < -0.39 is 34.3 Å². The number of sulfonamides is 1. The van der Waals surface area contributed by atoms with Gasteiger partial charge in [-0.25, -0.2) is 8.42 Å². The molecule has 2 aliphatic rings. The van der Waals surface area contributed by atoms with E-state index in [2.05, 4.69) is 0 Å². The summed E-state index contributed by atoms with van der Waals surface area (Å²) in [5.41, 5.74) is 0.903. The number of rotatable bonds is 5. The van der Waals surface area contributed by atoms with Crippen molar-refractivity contribution in [3.05, 3.63) is 69.2 Å². The van der Waals surface area contributed by atoms with Crippen LogP contribution in [0.4, 0.5) is 0 Å². The number of hydrogen-bond acceptors (Lipinski definition) is 5. The van der Waals surface area contributed by atoms with Gasteiger partial charge in [-0.1, -0.05) is 53.5 Å². The molecule has 3 amide bonds. The number of piperazine rings is 1. The van der Waals surface area contributed by atoms with Crippen molar-refractivity contribution in [2.45, 2.75) is 5.75 Å². The lowest BCUT2D eigenvalue weighted by molar-refractivity contribution is -0.132. The van der Waals surface area contributed by atoms with Crippen molar-refractivity contribution in [3.8, 4) is 0 Å². The van der Waals surface area contributed by atoms with E-state index in [0.29, 0.717) is 5.56 Å². The Labute approximate surface area is 195 Å². The van der Waals surface area contributed by atoms with Crippen molar-refractivity contribution in [2.24, 2.45) is 0 Å². The van der Waals surface area contributed by atoms with E-state index >= 15 is 0 Å². The topological polar surface area (TPSA) is 95.1 Å². The van der Waals surface area contributed by atoms with Gasteiger partial charge in [0.05, 0.1) is 26.9 Å². The van der Waals surface area contributed by atoms with E-state index in [0.717, 1.165) is 4.90 Å². The van der Waals surface area contributed by atoms with Crippen LogP contribution in [0.25, 0.3) is 0 Å². The van der Waals surface area contributed by atoms with Gasteiger partial charge in [-0.2, -0.15) is 4.31 Å². The summed E-state index contributed by atoms with van der Waals surface area (Å²) in [7, 11) is -3.52. The summed E-state index contributed by atoms with van der Waals surface area (Å²) in [6.45, 7) is 0.211. The maximum absolute atomic E-state index is 12.7. The first-order chi connectivity index (χ1) is 15.2. The number of carbonyl (C=O) groups is 3. The molecule has 0 N–H and O–H groups in total. The largest absolute Gasteiger partial charge is 0.338 e. The summed E-state index contributed by atoms with van der Waals surface area (Å²) in [6, 6.07) is 11.5. The monoisotopic (exact) mass is 495 g/mol. The summed E-state index contributed by atoms with van der Waals surface area (Å²) in [6.07, 6.45) is 0. The highest BCUT2D eigenvalue weighted by atomic mass is 35.5. The fourth-order valence-corrected chi connectivity index (χ4v) is 5.60. The number of fused-ring (bicyclic) bond motifs is 1. The van der Waals surface area contributed by atoms with E-state index in [1.807, 2.05) is 6.07 Å². The molecule has 4 rings (SSSR count). The Balaban J connectivity index is 1.37. The Kier molecular flexibility index (Phi) is 6.26. The summed E-state index contributed by atoms with van der Waals surface area (Å²) in [5, 5.41) is 0.292. The van der Waals surface area contributed by atoms with E-state index in [-0.39, 0.29) is 53.1 Å². The van der Waals surface area contributed by atoms with Crippen LogP contribution in [0.2, 0.25) is 10.0 Å². The van der Waals surface area contributed by atoms with Crippen LogP contribution in [0.5, 0.6) is 0 Å². The lowest BCUT2D eigenvalue weighted by Gasteiger charge is -2.34. The number of amides is 3. The van der Waals surface area contributed by atoms with Gasteiger partial charge in [-0.3, -0.25) is 19.3 Å². The molecule has 2 aromatic rings. The Morgan fingerprint density at radius 2 is 1.41 bits per heavy atom. The zero-order valence-electron chi connectivity index (χ0n) is 16.8. The molecule has 0 aromatic heterocycles. The molecule has 0 saturated carbocycles. The van der Waals surface area contributed by atoms with Crippen LogP contribution in [0.15, 0.2) is 42.5 Å². The second kappa shape index (κ2) is 8.82. The molecule has 1 saturated heterocycles. The van der Waals surface area contributed by atoms with E-state index in [1.165, 1.54) is 21.3 Å². The standard InChI is InChI=1S/C21H19Cl2N3O5S/c22-17-10-15-16(11-18(17)23)21(29)26(20(15)28)12-19(27)24-6-8-25(9-7-24)32(30,31)13-14-4-2-1-3-5-14/h1-5,10-11H,6-9,12-13H2. The SMILES string of the molecule is O=C(CN1C(=O)c2cc(Cl)c(Cl)cc2C1=O)N1CCN(S(=O)(=O)Cc2ccccc2)CC1. The molecular weight excluding hydrogens is 477 g/mol. The van der Waals surface area contributed by atoms with Gasteiger partial charge in [0.1, 0.15) is 6.54 Å². The van der Waals surface area contributed by atoms with Gasteiger partial charge >= 0.3 is 0 Å². The Bertz CT molecular complexity index is 1150. The normalized spacial score (nSPS) is 17.1. The molecule has 0 spiro atoms. The molecule has 32 heavy (non-hydrogen) atoms. The van der Waals surface area contributed by atoms with Crippen molar-refractivity contribution >= 4 is 50.9 Å². The maximum atomic E-state index is 12.7. The molecule has 2 aliphatic heterocycles. The zero-order valence-corrected chi connectivity index (χ0v) is 19.2. The second-order valence-corrected chi connectivity index (χ2v) is 10.3. The van der Waals surface area contributed by atoms with Crippen LogP contribution < -0.4 is 0 Å². The van der Waals surface area contributed by atoms with E-state index in [4.69, 9.17) is 23.2 Å². The first-order valence-electron chi connectivity index (χ1n) is 9.82. The predicted molar refractivity (Wildman–Crippen MR) is 119 cm³/mol. The summed E-state index contributed by atoms with van der Waals surface area (Å²) >= 11 is 11.9. The molecule has 168 valence electrons. The molecule has 1 fully saturated rings. The van der Waals surface area contributed by atoms with Crippen LogP contribution in [-0.2, 0) is 20.6 Å². The minimum Gasteiger partial charge on any atom is -0.338 e. The van der Waals surface area contributed by atoms with E-state index in [9.17, 15) is 22.8 Å². The number of carbonyl (C=O) groups excluding carboxylic acids is 3. The molecule has 0 aliphatic carbocycles. The third-order valence-electron chi connectivity index (χ3n) is 5.48. The van der Waals surface area contributed by atoms with Crippen molar-refractivity contribution in [3.63, 3.8) is 0 Å². The fraction of sp³-hybridized carbons (Fsp3) is 0.286. The Morgan fingerprint density at radius 3 is 1.94 bits per heavy atom. The highest BCUT2D eigenvalue weighted by molar-refractivity contribution is 7.88. The van der Waals surface area contributed by atoms with Crippen LogP contribution >= 0.6 is 23.2 Å². The number of imide groups is 1. The Hall–Kier alpha value is -2.46. The van der Waals surface area contributed by atoms with Gasteiger partial charge in [0, 0.05) is 26.2 Å². The van der Waals surface area contributed by atoms with Crippen LogP contribution in [0.1, 0.15) is 26.3 Å². The number of benzene rings is 2. The molecule has 0 bridgehead atoms. The molecule has 2 heterocycles. The fourth-order valence-electron chi connectivity index (χ4n) is 3.75. The third kappa shape index (κ3) is 4.38.